The van der Waals surface area contributed by atoms with Crippen molar-refractivity contribution in [1.29, 1.82) is 0 Å². The van der Waals surface area contributed by atoms with Gasteiger partial charge in [-0.2, -0.15) is 0 Å². The first-order valence-electron chi connectivity index (χ1n) is 15.3. The molecule has 42 heavy (non-hydrogen) atoms. The average molecular weight is 739 g/mol. The van der Waals surface area contributed by atoms with Gasteiger partial charge in [0.15, 0.2) is 8.65 Å². The molecule has 2 aliphatic rings. The second kappa shape index (κ2) is 22.4. The van der Waals surface area contributed by atoms with Crippen LogP contribution in [0.5, 0.6) is 0 Å². The van der Waals surface area contributed by atoms with Crippen LogP contribution in [0.15, 0.2) is 18.3 Å². The van der Waals surface area contributed by atoms with Gasteiger partial charge >= 0.3 is 15.2 Å². The summed E-state index contributed by atoms with van der Waals surface area (Å²) in [6.45, 7) is 13.3. The summed E-state index contributed by atoms with van der Waals surface area (Å²) >= 11 is 10.4. The highest BCUT2D eigenvalue weighted by atomic mass is 32.2. The fraction of sp³-hybridized carbons (Fsp3) is 0.857. The lowest BCUT2D eigenvalue weighted by Crippen LogP contribution is -2.04. The molecule has 2 aliphatic heterocycles. The van der Waals surface area contributed by atoms with E-state index in [9.17, 15) is 9.13 Å². The normalized spacial score (nSPS) is 20.0. The van der Waals surface area contributed by atoms with Crippen LogP contribution in [-0.4, -0.2) is 46.6 Å². The molecule has 0 aromatic carbocycles. The minimum atomic E-state index is -3.08. The number of unbranched alkanes of at least 4 members (excludes halogenated alkanes) is 9. The van der Waals surface area contributed by atoms with Crippen molar-refractivity contribution in [2.45, 2.75) is 114 Å². The molecule has 0 amide bonds. The van der Waals surface area contributed by atoms with Crippen molar-refractivity contribution >= 4 is 85.8 Å². The second-order valence-corrected chi connectivity index (χ2v) is 23.6. The van der Waals surface area contributed by atoms with E-state index >= 15 is 0 Å². The van der Waals surface area contributed by atoms with Gasteiger partial charge in [-0.25, -0.2) is 0 Å². The van der Waals surface area contributed by atoms with E-state index in [1.807, 2.05) is 51.2 Å². The topological polar surface area (TPSA) is 71.1 Å². The van der Waals surface area contributed by atoms with E-state index < -0.39 is 15.2 Å². The molecule has 2 rings (SSSR count). The highest BCUT2D eigenvalue weighted by Gasteiger charge is 2.42. The van der Waals surface area contributed by atoms with Crippen molar-refractivity contribution in [1.82, 2.24) is 0 Å². The van der Waals surface area contributed by atoms with E-state index in [0.717, 1.165) is 11.5 Å². The molecule has 14 heteroatoms. The molecule has 2 unspecified atom stereocenters. The lowest BCUT2D eigenvalue weighted by molar-refractivity contribution is 0.221. The molecule has 0 aliphatic carbocycles. The predicted molar refractivity (Wildman–Crippen MR) is 196 cm³/mol. The molecule has 246 valence electrons. The minimum Gasteiger partial charge on any atom is -0.307 e. The van der Waals surface area contributed by atoms with Gasteiger partial charge in [0.05, 0.1) is 34.9 Å². The van der Waals surface area contributed by atoms with E-state index in [1.54, 1.807) is 47.0 Å². The zero-order chi connectivity index (χ0) is 30.8. The van der Waals surface area contributed by atoms with Crippen molar-refractivity contribution in [3.63, 3.8) is 0 Å². The number of allylic oxidation sites excluding steroid dienone is 2. The monoisotopic (exact) mass is 738 g/mol. The molecular formula is C28H52O6P2S6. The van der Waals surface area contributed by atoms with Crippen molar-refractivity contribution in [3.8, 4) is 0 Å². The summed E-state index contributed by atoms with van der Waals surface area (Å²) in [5.74, 6) is 2.23. The molecule has 6 nitrogen and oxygen atoms in total. The van der Waals surface area contributed by atoms with Crippen LogP contribution in [0.4, 0.5) is 0 Å². The maximum Gasteiger partial charge on any atom is 0.354 e. The van der Waals surface area contributed by atoms with Crippen LogP contribution in [0, 0.1) is 0 Å². The van der Waals surface area contributed by atoms with Crippen molar-refractivity contribution in [2.75, 3.05) is 37.9 Å². The maximum absolute atomic E-state index is 13.1. The quantitative estimate of drug-likeness (QED) is 0.0661. The fourth-order valence-corrected chi connectivity index (χ4v) is 19.9. The first-order valence-corrected chi connectivity index (χ1v) is 24.1. The Balaban J connectivity index is 1.45. The molecule has 0 N–H and O–H groups in total. The Morgan fingerprint density at radius 2 is 0.810 bits per heavy atom. The Kier molecular flexibility index (Phi) is 21.4. The van der Waals surface area contributed by atoms with Gasteiger partial charge in [0.1, 0.15) is 0 Å². The summed E-state index contributed by atoms with van der Waals surface area (Å²) in [5, 5.41) is 0. The van der Waals surface area contributed by atoms with Gasteiger partial charge in [-0.3, -0.25) is 9.13 Å². The van der Waals surface area contributed by atoms with Crippen LogP contribution in [-0.2, 0) is 27.2 Å². The largest absolute Gasteiger partial charge is 0.354 e. The molecule has 2 atom stereocenters. The molecule has 0 radical (unpaired) electrons. The zero-order valence-corrected chi connectivity index (χ0v) is 32.9. The highest BCUT2D eigenvalue weighted by molar-refractivity contribution is 8.36. The summed E-state index contributed by atoms with van der Waals surface area (Å²) in [6.07, 6.45) is 13.0. The molecule has 0 bridgehead atoms. The number of thioether (sulfide) groups is 6. The molecule has 0 fully saturated rings. The Morgan fingerprint density at radius 3 is 1.10 bits per heavy atom. The zero-order valence-electron chi connectivity index (χ0n) is 26.3. The van der Waals surface area contributed by atoms with E-state index in [1.165, 1.54) is 82.5 Å². The third kappa shape index (κ3) is 13.9. The average Bonchev–Trinajstić information content (AvgIpc) is 3.52. The van der Waals surface area contributed by atoms with E-state index in [2.05, 4.69) is 13.8 Å². The third-order valence-electron chi connectivity index (χ3n) is 6.30. The summed E-state index contributed by atoms with van der Waals surface area (Å²) in [5.41, 5.74) is 0. The lowest BCUT2D eigenvalue weighted by atomic mass is 10.1. The standard InChI is InChI=1S/C28H52O6P2S6/c1-7-31-35(29,32-8-2)27-39-23(5)25(41-27)37-21-19-17-15-13-11-12-14-16-18-20-22-38-26-24(6)40-28(42-26)36(30,33-9-3)34-10-4/h27-28H,7-22H2,1-6H3. The van der Waals surface area contributed by atoms with Gasteiger partial charge in [-0.15, -0.1) is 47.0 Å². The minimum absolute atomic E-state index is 0.174. The molecule has 0 saturated heterocycles. The Bertz CT molecular complexity index is 856. The van der Waals surface area contributed by atoms with Gasteiger partial charge in [-0.05, 0) is 65.9 Å². The Hall–Kier alpha value is 1.88. The van der Waals surface area contributed by atoms with Crippen LogP contribution < -0.4 is 0 Å². The van der Waals surface area contributed by atoms with Gasteiger partial charge in [0, 0.05) is 9.81 Å². The smallest absolute Gasteiger partial charge is 0.307 e. The van der Waals surface area contributed by atoms with Gasteiger partial charge in [-0.1, -0.05) is 74.9 Å². The molecular weight excluding hydrogens is 687 g/mol. The fourth-order valence-electron chi connectivity index (χ4n) is 4.31. The molecule has 0 aromatic heterocycles. The van der Waals surface area contributed by atoms with Gasteiger partial charge < -0.3 is 18.1 Å². The van der Waals surface area contributed by atoms with Gasteiger partial charge in [0.25, 0.3) is 0 Å². The van der Waals surface area contributed by atoms with Crippen LogP contribution in [0.3, 0.4) is 0 Å². The van der Waals surface area contributed by atoms with Crippen molar-refractivity contribution in [2.24, 2.45) is 0 Å². The number of rotatable bonds is 25. The Morgan fingerprint density at radius 1 is 0.524 bits per heavy atom. The maximum atomic E-state index is 13.1. The van der Waals surface area contributed by atoms with Crippen LogP contribution in [0.1, 0.15) is 106 Å². The first kappa shape index (κ1) is 40.1. The predicted octanol–water partition coefficient (Wildman–Crippen LogP) is 12.8. The number of hydrogen-bond donors (Lipinski definition) is 0. The summed E-state index contributed by atoms with van der Waals surface area (Å²) < 4.78 is 50.6. The lowest BCUT2D eigenvalue weighted by Gasteiger charge is -2.21. The number of hydrogen-bond acceptors (Lipinski definition) is 12. The van der Waals surface area contributed by atoms with E-state index in [-0.39, 0.29) is 8.65 Å². The molecule has 0 saturated carbocycles. The summed E-state index contributed by atoms with van der Waals surface area (Å²) in [4.78, 5) is 2.49. The van der Waals surface area contributed by atoms with Crippen LogP contribution >= 0.6 is 85.8 Å². The van der Waals surface area contributed by atoms with Crippen LogP contribution in [0.2, 0.25) is 0 Å². The van der Waals surface area contributed by atoms with E-state index in [0.29, 0.717) is 26.4 Å². The summed E-state index contributed by atoms with van der Waals surface area (Å²) in [7, 11) is -6.16. The Labute approximate surface area is 281 Å². The molecule has 0 spiro atoms. The molecule has 0 aromatic rings. The SMILES string of the molecule is CCOP(=O)(OCC)C1SC(C)=C(SCCCCCCCCCCCCSC2=C(C)SC(P(=O)(OCC)OCC)S2)S1. The second-order valence-electron chi connectivity index (χ2n) is 9.76. The van der Waals surface area contributed by atoms with Crippen LogP contribution in [0.25, 0.3) is 0 Å². The first-order chi connectivity index (χ1) is 20.2. The molecule has 2 heterocycles. The van der Waals surface area contributed by atoms with Gasteiger partial charge in [0.2, 0.25) is 0 Å². The van der Waals surface area contributed by atoms with E-state index in [4.69, 9.17) is 18.1 Å². The van der Waals surface area contributed by atoms with Crippen molar-refractivity contribution < 1.29 is 27.2 Å². The summed E-state index contributed by atoms with van der Waals surface area (Å²) in [6, 6.07) is 0. The van der Waals surface area contributed by atoms with Crippen molar-refractivity contribution in [3.05, 3.63) is 18.3 Å². The third-order valence-corrected chi connectivity index (χ3v) is 22.2. The highest BCUT2D eigenvalue weighted by Crippen LogP contribution is 2.69.